The Labute approximate surface area is 288 Å². The Bertz CT molecular complexity index is 1350. The molecule has 2 aromatic rings. The zero-order chi connectivity index (χ0) is 33.3. The van der Waals surface area contributed by atoms with E-state index in [2.05, 4.69) is 10.1 Å². The number of benzene rings is 1. The summed E-state index contributed by atoms with van der Waals surface area (Å²) in [5.41, 5.74) is 2.12. The van der Waals surface area contributed by atoms with Gasteiger partial charge in [-0.05, 0) is 83.5 Å². The Morgan fingerprint density at radius 3 is 2.00 bits per heavy atom. The van der Waals surface area contributed by atoms with Gasteiger partial charge in [0.1, 0.15) is 10.6 Å². The smallest absolute Gasteiger partial charge is 0.410 e. The SMILES string of the molecule is COC(=O)CC1CCN(C(=O)c2ccc(-c3nc4c(s3)CN(C(=O)OC(C)(C)C)CC4)cc2)CC1.COC(=O)CC1CCNCC1.Cl. The van der Waals surface area contributed by atoms with Crippen molar-refractivity contribution in [3.63, 3.8) is 0 Å². The molecule has 0 radical (unpaired) electrons. The second kappa shape index (κ2) is 17.8. The van der Waals surface area contributed by atoms with Crippen LogP contribution in [0.25, 0.3) is 10.6 Å². The van der Waals surface area contributed by atoms with Gasteiger partial charge < -0.3 is 29.3 Å². The minimum absolute atomic E-state index is 0. The van der Waals surface area contributed by atoms with Gasteiger partial charge in [-0.1, -0.05) is 12.1 Å². The van der Waals surface area contributed by atoms with Crippen LogP contribution in [0.5, 0.6) is 0 Å². The Balaban J connectivity index is 0.000000425. The van der Waals surface area contributed by atoms with E-state index in [0.717, 1.165) is 59.9 Å². The number of ether oxygens (including phenoxy) is 3. The van der Waals surface area contributed by atoms with Crippen LogP contribution in [0.3, 0.4) is 0 Å². The summed E-state index contributed by atoms with van der Waals surface area (Å²) in [5, 5.41) is 4.15. The molecule has 1 aromatic heterocycles. The topological polar surface area (TPSA) is 127 Å². The van der Waals surface area contributed by atoms with E-state index in [1.54, 1.807) is 16.2 Å². The molecule has 0 saturated carbocycles. The van der Waals surface area contributed by atoms with E-state index >= 15 is 0 Å². The third kappa shape index (κ3) is 11.5. The lowest BCUT2D eigenvalue weighted by Crippen LogP contribution is -2.39. The average Bonchev–Trinajstić information content (AvgIpc) is 3.48. The van der Waals surface area contributed by atoms with Crippen molar-refractivity contribution in [3.05, 3.63) is 40.4 Å². The zero-order valence-electron chi connectivity index (χ0n) is 28.2. The zero-order valence-corrected chi connectivity index (χ0v) is 29.8. The number of carbonyl (C=O) groups is 4. The maximum Gasteiger partial charge on any atom is 0.410 e. The fourth-order valence-corrected chi connectivity index (χ4v) is 6.93. The molecule has 11 nitrogen and oxygen atoms in total. The number of piperidine rings is 2. The molecule has 2 fully saturated rings. The summed E-state index contributed by atoms with van der Waals surface area (Å²) >= 11 is 1.58. The highest BCUT2D eigenvalue weighted by molar-refractivity contribution is 7.15. The van der Waals surface area contributed by atoms with Crippen molar-refractivity contribution in [2.24, 2.45) is 11.8 Å². The summed E-state index contributed by atoms with van der Waals surface area (Å²) in [6.45, 7) is 10.1. The van der Waals surface area contributed by atoms with Crippen LogP contribution in [-0.4, -0.2) is 91.3 Å². The molecule has 0 spiro atoms. The van der Waals surface area contributed by atoms with Crippen molar-refractivity contribution in [3.8, 4) is 10.6 Å². The molecule has 5 rings (SSSR count). The largest absolute Gasteiger partial charge is 0.469 e. The molecule has 1 aromatic carbocycles. The maximum atomic E-state index is 13.0. The molecular weight excluding hydrogens is 644 g/mol. The molecule has 3 aliphatic heterocycles. The van der Waals surface area contributed by atoms with Crippen molar-refractivity contribution >= 4 is 47.7 Å². The predicted octanol–water partition coefficient (Wildman–Crippen LogP) is 5.49. The number of likely N-dealkylation sites (tertiary alicyclic amines) is 1. The number of rotatable bonds is 6. The second-order valence-electron chi connectivity index (χ2n) is 13.1. The molecule has 2 saturated heterocycles. The molecule has 2 amide bonds. The summed E-state index contributed by atoms with van der Waals surface area (Å²) in [5.74, 6) is 0.572. The number of halogens is 1. The van der Waals surface area contributed by atoms with E-state index in [1.165, 1.54) is 14.2 Å². The van der Waals surface area contributed by atoms with Crippen LogP contribution in [0.15, 0.2) is 24.3 Å². The molecule has 260 valence electrons. The van der Waals surface area contributed by atoms with Crippen molar-refractivity contribution in [1.29, 1.82) is 0 Å². The van der Waals surface area contributed by atoms with E-state index in [1.807, 2.05) is 49.9 Å². The van der Waals surface area contributed by atoms with Gasteiger partial charge in [-0.3, -0.25) is 14.4 Å². The number of hydrogen-bond donors (Lipinski definition) is 1. The van der Waals surface area contributed by atoms with Crippen molar-refractivity contribution in [2.45, 2.75) is 77.9 Å². The maximum absolute atomic E-state index is 13.0. The summed E-state index contributed by atoms with van der Waals surface area (Å²) in [7, 11) is 2.85. The number of nitrogens with zero attached hydrogens (tertiary/aromatic N) is 3. The van der Waals surface area contributed by atoms with Crippen LogP contribution in [0.4, 0.5) is 4.79 Å². The number of fused-ring (bicyclic) bond motifs is 1. The van der Waals surface area contributed by atoms with Gasteiger partial charge in [0.05, 0.1) is 26.5 Å². The standard InChI is InChI=1S/C26H33N3O5S.C8H15NO2.ClH/c1-26(2,3)34-25(32)29-14-11-20-21(16-29)35-23(27-20)18-5-7-19(8-6-18)24(31)28-12-9-17(10-13-28)15-22(30)33-4;1-11-8(10)6-7-2-4-9-5-3-7;/h5-8,17H,9-16H2,1-4H3;7,9H,2-6H2,1H3;1H. The van der Waals surface area contributed by atoms with Gasteiger partial charge in [-0.2, -0.15) is 0 Å². The lowest BCUT2D eigenvalue weighted by molar-refractivity contribution is -0.142. The first kappa shape index (κ1) is 38.2. The number of nitrogens with one attached hydrogen (secondary N) is 1. The van der Waals surface area contributed by atoms with Crippen molar-refractivity contribution < 1.29 is 33.4 Å². The number of amides is 2. The fraction of sp³-hybridized carbons (Fsp3) is 0.618. The second-order valence-corrected chi connectivity index (χ2v) is 14.2. The van der Waals surface area contributed by atoms with E-state index in [9.17, 15) is 19.2 Å². The highest BCUT2D eigenvalue weighted by Crippen LogP contribution is 2.33. The lowest BCUT2D eigenvalue weighted by atomic mass is 9.93. The Morgan fingerprint density at radius 1 is 0.872 bits per heavy atom. The summed E-state index contributed by atoms with van der Waals surface area (Å²) in [6, 6.07) is 7.58. The third-order valence-electron chi connectivity index (χ3n) is 8.49. The molecule has 1 N–H and O–H groups in total. The van der Waals surface area contributed by atoms with Gasteiger partial charge in [-0.15, -0.1) is 23.7 Å². The minimum Gasteiger partial charge on any atom is -0.469 e. The number of hydrogen-bond acceptors (Lipinski definition) is 10. The molecule has 13 heteroatoms. The van der Waals surface area contributed by atoms with Gasteiger partial charge >= 0.3 is 18.0 Å². The van der Waals surface area contributed by atoms with Gasteiger partial charge in [0.25, 0.3) is 5.91 Å². The molecule has 0 unspecified atom stereocenters. The molecular formula is C34H49ClN4O7S. The highest BCUT2D eigenvalue weighted by Gasteiger charge is 2.29. The van der Waals surface area contributed by atoms with Gasteiger partial charge in [-0.25, -0.2) is 9.78 Å². The summed E-state index contributed by atoms with van der Waals surface area (Å²) < 4.78 is 14.9. The Kier molecular flexibility index (Phi) is 14.5. The number of esters is 2. The van der Waals surface area contributed by atoms with Gasteiger partial charge in [0.15, 0.2) is 0 Å². The van der Waals surface area contributed by atoms with E-state index in [4.69, 9.17) is 14.5 Å². The van der Waals surface area contributed by atoms with Crippen LogP contribution in [0.1, 0.15) is 80.2 Å². The lowest BCUT2D eigenvalue weighted by Gasteiger charge is -2.31. The molecule has 4 heterocycles. The van der Waals surface area contributed by atoms with Crippen molar-refractivity contribution in [1.82, 2.24) is 20.1 Å². The van der Waals surface area contributed by atoms with E-state index in [0.29, 0.717) is 56.9 Å². The molecule has 0 atom stereocenters. The van der Waals surface area contributed by atoms with Crippen LogP contribution >= 0.6 is 23.7 Å². The highest BCUT2D eigenvalue weighted by atomic mass is 35.5. The molecule has 3 aliphatic rings. The fourth-order valence-electron chi connectivity index (χ4n) is 5.80. The number of aromatic nitrogens is 1. The number of methoxy groups -OCH3 is 2. The van der Waals surface area contributed by atoms with Gasteiger partial charge in [0.2, 0.25) is 0 Å². The van der Waals surface area contributed by atoms with Crippen LogP contribution in [-0.2, 0) is 36.8 Å². The first-order valence-corrected chi connectivity index (χ1v) is 17.0. The van der Waals surface area contributed by atoms with Crippen LogP contribution in [0.2, 0.25) is 0 Å². The summed E-state index contributed by atoms with van der Waals surface area (Å²) in [4.78, 5) is 57.2. The molecule has 0 bridgehead atoms. The van der Waals surface area contributed by atoms with E-state index in [-0.39, 0.29) is 42.3 Å². The van der Waals surface area contributed by atoms with Crippen LogP contribution in [0, 0.1) is 11.8 Å². The number of thiazole rings is 1. The monoisotopic (exact) mass is 692 g/mol. The van der Waals surface area contributed by atoms with Crippen molar-refractivity contribution in [2.75, 3.05) is 46.9 Å². The Morgan fingerprint density at radius 2 is 1.45 bits per heavy atom. The predicted molar refractivity (Wildman–Crippen MR) is 183 cm³/mol. The van der Waals surface area contributed by atoms with E-state index < -0.39 is 5.60 Å². The third-order valence-corrected chi connectivity index (χ3v) is 9.62. The molecule has 47 heavy (non-hydrogen) atoms. The molecule has 0 aliphatic carbocycles. The Hall–Kier alpha value is -3.22. The first-order valence-electron chi connectivity index (χ1n) is 16.2. The average molecular weight is 693 g/mol. The quantitative estimate of drug-likeness (QED) is 0.309. The first-order chi connectivity index (χ1) is 22.0. The van der Waals surface area contributed by atoms with Gasteiger partial charge in [0, 0.05) is 54.9 Å². The van der Waals surface area contributed by atoms with Crippen LogP contribution < -0.4 is 5.32 Å². The summed E-state index contributed by atoms with van der Waals surface area (Å²) in [6.07, 6.45) is 5.25. The minimum atomic E-state index is -0.519. The normalized spacial score (nSPS) is 17.0. The number of carbonyl (C=O) groups excluding carboxylic acids is 4.